The number of hydrogen-bond donors (Lipinski definition) is 1. The Morgan fingerprint density at radius 3 is 2.62 bits per heavy atom. The van der Waals surface area contributed by atoms with Crippen molar-refractivity contribution >= 4 is 0 Å². The van der Waals surface area contributed by atoms with Crippen molar-refractivity contribution in [3.63, 3.8) is 0 Å². The number of nitrogens with one attached hydrogen (secondary N) is 1. The first-order valence-corrected chi connectivity index (χ1v) is 6.60. The zero-order valence-electron chi connectivity index (χ0n) is 11.0. The molecule has 0 saturated carbocycles. The van der Waals surface area contributed by atoms with Crippen LogP contribution in [0.4, 0.5) is 0 Å². The molecule has 1 atom stereocenters. The standard InChI is InChI=1S/C13H26N2O/c1-4-14-12(13-8-7-11-16-13)9-10-15(5-2)6-3/h8,12,14H,4-7,9-11H2,1-3H3. The largest absolute Gasteiger partial charge is 0.496 e. The maximum Gasteiger partial charge on any atom is 0.109 e. The fourth-order valence-electron chi connectivity index (χ4n) is 2.12. The van der Waals surface area contributed by atoms with Crippen molar-refractivity contribution < 1.29 is 4.74 Å². The van der Waals surface area contributed by atoms with E-state index in [1.807, 2.05) is 0 Å². The summed E-state index contributed by atoms with van der Waals surface area (Å²) < 4.78 is 5.65. The minimum atomic E-state index is 0.410. The monoisotopic (exact) mass is 226 g/mol. The van der Waals surface area contributed by atoms with Crippen LogP contribution >= 0.6 is 0 Å². The van der Waals surface area contributed by atoms with Crippen LogP contribution in [-0.4, -0.2) is 43.7 Å². The van der Waals surface area contributed by atoms with E-state index in [4.69, 9.17) is 4.74 Å². The molecule has 1 heterocycles. The van der Waals surface area contributed by atoms with E-state index in [0.717, 1.165) is 51.4 Å². The average Bonchev–Trinajstić information content (AvgIpc) is 2.82. The van der Waals surface area contributed by atoms with Gasteiger partial charge in [0, 0.05) is 13.0 Å². The molecule has 0 bridgehead atoms. The third-order valence-corrected chi connectivity index (χ3v) is 3.15. The van der Waals surface area contributed by atoms with Gasteiger partial charge in [-0.15, -0.1) is 0 Å². The number of ether oxygens (including phenoxy) is 1. The molecule has 1 unspecified atom stereocenters. The van der Waals surface area contributed by atoms with Crippen molar-refractivity contribution in [2.24, 2.45) is 0 Å². The first-order chi connectivity index (χ1) is 7.81. The fourth-order valence-corrected chi connectivity index (χ4v) is 2.12. The molecule has 94 valence electrons. The molecule has 16 heavy (non-hydrogen) atoms. The summed E-state index contributed by atoms with van der Waals surface area (Å²) in [6.45, 7) is 11.9. The van der Waals surface area contributed by atoms with Crippen molar-refractivity contribution in [2.75, 3.05) is 32.8 Å². The SMILES string of the molecule is CCNC(CCN(CC)CC)C1=CCCO1. The van der Waals surface area contributed by atoms with Gasteiger partial charge >= 0.3 is 0 Å². The van der Waals surface area contributed by atoms with E-state index in [2.05, 4.69) is 37.1 Å². The van der Waals surface area contributed by atoms with Gasteiger partial charge in [-0.1, -0.05) is 20.8 Å². The summed E-state index contributed by atoms with van der Waals surface area (Å²) in [4.78, 5) is 2.46. The van der Waals surface area contributed by atoms with Crippen molar-refractivity contribution in [3.05, 3.63) is 11.8 Å². The molecule has 0 aromatic carbocycles. The summed E-state index contributed by atoms with van der Waals surface area (Å²) in [6, 6.07) is 0.410. The summed E-state index contributed by atoms with van der Waals surface area (Å²) in [7, 11) is 0. The van der Waals surface area contributed by atoms with Crippen molar-refractivity contribution in [1.29, 1.82) is 0 Å². The average molecular weight is 226 g/mol. The highest BCUT2D eigenvalue weighted by molar-refractivity contribution is 5.07. The van der Waals surface area contributed by atoms with E-state index < -0.39 is 0 Å². The van der Waals surface area contributed by atoms with Crippen LogP contribution in [0.25, 0.3) is 0 Å². The fraction of sp³-hybridized carbons (Fsp3) is 0.846. The van der Waals surface area contributed by atoms with Crippen LogP contribution in [0.3, 0.4) is 0 Å². The zero-order chi connectivity index (χ0) is 11.8. The summed E-state index contributed by atoms with van der Waals surface area (Å²) >= 11 is 0. The lowest BCUT2D eigenvalue weighted by Gasteiger charge is -2.23. The maximum absolute atomic E-state index is 5.65. The van der Waals surface area contributed by atoms with E-state index in [1.165, 1.54) is 0 Å². The lowest BCUT2D eigenvalue weighted by atomic mass is 10.1. The molecular formula is C13H26N2O. The highest BCUT2D eigenvalue weighted by atomic mass is 16.5. The van der Waals surface area contributed by atoms with Gasteiger partial charge in [-0.25, -0.2) is 0 Å². The minimum Gasteiger partial charge on any atom is -0.496 e. The quantitative estimate of drug-likeness (QED) is 0.685. The normalized spacial score (nSPS) is 17.4. The number of nitrogens with zero attached hydrogens (tertiary/aromatic N) is 1. The molecule has 0 amide bonds. The van der Waals surface area contributed by atoms with E-state index >= 15 is 0 Å². The Balaban J connectivity index is 2.38. The third kappa shape index (κ3) is 4.14. The molecule has 1 aliphatic rings. The van der Waals surface area contributed by atoms with Crippen LogP contribution in [-0.2, 0) is 4.74 Å². The van der Waals surface area contributed by atoms with Crippen molar-refractivity contribution in [2.45, 2.75) is 39.7 Å². The van der Waals surface area contributed by atoms with Gasteiger partial charge in [0.05, 0.1) is 12.6 Å². The van der Waals surface area contributed by atoms with Crippen LogP contribution < -0.4 is 5.32 Å². The number of hydrogen-bond acceptors (Lipinski definition) is 3. The molecule has 1 rings (SSSR count). The van der Waals surface area contributed by atoms with E-state index in [9.17, 15) is 0 Å². The number of likely N-dealkylation sites (N-methyl/N-ethyl adjacent to an activating group) is 1. The zero-order valence-corrected chi connectivity index (χ0v) is 11.0. The Morgan fingerprint density at radius 1 is 1.38 bits per heavy atom. The molecule has 1 N–H and O–H groups in total. The molecule has 0 fully saturated rings. The Bertz CT molecular complexity index is 212. The van der Waals surface area contributed by atoms with E-state index in [1.54, 1.807) is 0 Å². The molecule has 1 aliphatic heterocycles. The molecule has 3 heteroatoms. The lowest BCUT2D eigenvalue weighted by Crippen LogP contribution is -2.35. The van der Waals surface area contributed by atoms with Gasteiger partial charge in [0.1, 0.15) is 5.76 Å². The van der Waals surface area contributed by atoms with E-state index in [-0.39, 0.29) is 0 Å². The molecule has 0 radical (unpaired) electrons. The van der Waals surface area contributed by atoms with Crippen LogP contribution in [0.15, 0.2) is 11.8 Å². The predicted octanol–water partition coefficient (Wildman–Crippen LogP) is 2.00. The lowest BCUT2D eigenvalue weighted by molar-refractivity contribution is 0.201. The van der Waals surface area contributed by atoms with Gasteiger partial charge in [0.2, 0.25) is 0 Å². The second-order valence-corrected chi connectivity index (χ2v) is 4.17. The van der Waals surface area contributed by atoms with E-state index in [0.29, 0.717) is 6.04 Å². The highest BCUT2D eigenvalue weighted by Crippen LogP contribution is 2.16. The summed E-state index contributed by atoms with van der Waals surface area (Å²) in [5, 5.41) is 3.51. The highest BCUT2D eigenvalue weighted by Gasteiger charge is 2.18. The summed E-state index contributed by atoms with van der Waals surface area (Å²) in [6.07, 6.45) is 4.44. The Labute approximate surface area is 99.8 Å². The maximum atomic E-state index is 5.65. The molecule has 0 aromatic rings. The summed E-state index contributed by atoms with van der Waals surface area (Å²) in [5.74, 6) is 1.16. The van der Waals surface area contributed by atoms with Crippen LogP contribution in [0.1, 0.15) is 33.6 Å². The van der Waals surface area contributed by atoms with Gasteiger partial charge < -0.3 is 15.0 Å². The molecule has 0 aliphatic carbocycles. The Hall–Kier alpha value is -0.540. The third-order valence-electron chi connectivity index (χ3n) is 3.15. The van der Waals surface area contributed by atoms with Crippen LogP contribution in [0.5, 0.6) is 0 Å². The Morgan fingerprint density at radius 2 is 2.12 bits per heavy atom. The molecule has 3 nitrogen and oxygen atoms in total. The van der Waals surface area contributed by atoms with Crippen molar-refractivity contribution in [1.82, 2.24) is 10.2 Å². The topological polar surface area (TPSA) is 24.5 Å². The first-order valence-electron chi connectivity index (χ1n) is 6.60. The van der Waals surface area contributed by atoms with Gasteiger partial charge in [-0.2, -0.15) is 0 Å². The van der Waals surface area contributed by atoms with Gasteiger partial charge in [0.25, 0.3) is 0 Å². The molecule has 0 spiro atoms. The second-order valence-electron chi connectivity index (χ2n) is 4.17. The molecule has 0 saturated heterocycles. The van der Waals surface area contributed by atoms with Gasteiger partial charge in [0.15, 0.2) is 0 Å². The van der Waals surface area contributed by atoms with Crippen molar-refractivity contribution in [3.8, 4) is 0 Å². The molecular weight excluding hydrogens is 200 g/mol. The predicted molar refractivity (Wildman–Crippen MR) is 68.5 cm³/mol. The van der Waals surface area contributed by atoms with Gasteiger partial charge in [-0.05, 0) is 32.1 Å². The second kappa shape index (κ2) is 7.69. The smallest absolute Gasteiger partial charge is 0.109 e. The van der Waals surface area contributed by atoms with Crippen LogP contribution in [0, 0.1) is 0 Å². The summed E-state index contributed by atoms with van der Waals surface area (Å²) in [5.41, 5.74) is 0. The molecule has 0 aromatic heterocycles. The Kier molecular flexibility index (Phi) is 6.50. The minimum absolute atomic E-state index is 0.410. The van der Waals surface area contributed by atoms with Crippen LogP contribution in [0.2, 0.25) is 0 Å². The first kappa shape index (κ1) is 13.5. The number of rotatable bonds is 8. The van der Waals surface area contributed by atoms with Gasteiger partial charge in [-0.3, -0.25) is 0 Å².